The van der Waals surface area contributed by atoms with E-state index in [4.69, 9.17) is 22.7 Å². The van der Waals surface area contributed by atoms with Crippen molar-refractivity contribution in [3.8, 4) is 5.75 Å². The summed E-state index contributed by atoms with van der Waals surface area (Å²) in [6, 6.07) is 16.2. The third-order valence-corrected chi connectivity index (χ3v) is 3.62. The van der Waals surface area contributed by atoms with E-state index in [1.165, 1.54) is 18.4 Å². The van der Waals surface area contributed by atoms with Gasteiger partial charge in [0.05, 0.1) is 0 Å². The lowest BCUT2D eigenvalue weighted by Gasteiger charge is -2.08. The van der Waals surface area contributed by atoms with Crippen molar-refractivity contribution in [1.82, 2.24) is 0 Å². The summed E-state index contributed by atoms with van der Waals surface area (Å²) in [7, 11) is 0. The van der Waals surface area contributed by atoms with Crippen molar-refractivity contribution in [2.24, 2.45) is 5.73 Å². The van der Waals surface area contributed by atoms with Gasteiger partial charge in [0.15, 0.2) is 0 Å². The van der Waals surface area contributed by atoms with Crippen molar-refractivity contribution in [2.75, 3.05) is 0 Å². The highest BCUT2D eigenvalue weighted by atomic mass is 32.1. The Hall–Kier alpha value is -1.87. The Labute approximate surface area is 131 Å². The number of ether oxygens (including phenoxy) is 1. The minimum atomic E-state index is 0.421. The van der Waals surface area contributed by atoms with Crippen LogP contribution in [0.2, 0.25) is 0 Å². The number of rotatable bonds is 7. The summed E-state index contributed by atoms with van der Waals surface area (Å²) in [6.07, 6.45) is 3.59. The normalized spacial score (nSPS) is 10.3. The van der Waals surface area contributed by atoms with Gasteiger partial charge < -0.3 is 10.5 Å². The Balaban J connectivity index is 1.88. The van der Waals surface area contributed by atoms with Crippen molar-refractivity contribution in [3.05, 3.63) is 65.2 Å². The molecule has 3 heteroatoms. The van der Waals surface area contributed by atoms with Crippen LogP contribution in [-0.2, 0) is 13.0 Å². The number of benzene rings is 2. The van der Waals surface area contributed by atoms with Crippen LogP contribution in [-0.4, -0.2) is 4.99 Å². The molecule has 0 unspecified atom stereocenters. The van der Waals surface area contributed by atoms with E-state index >= 15 is 0 Å². The van der Waals surface area contributed by atoms with E-state index in [1.54, 1.807) is 0 Å². The van der Waals surface area contributed by atoms with Crippen LogP contribution in [0.4, 0.5) is 0 Å². The zero-order chi connectivity index (χ0) is 15.1. The van der Waals surface area contributed by atoms with E-state index in [2.05, 4.69) is 19.1 Å². The molecule has 21 heavy (non-hydrogen) atoms. The maximum Gasteiger partial charge on any atom is 0.119 e. The molecule has 2 nitrogen and oxygen atoms in total. The van der Waals surface area contributed by atoms with Crippen molar-refractivity contribution >= 4 is 17.2 Å². The van der Waals surface area contributed by atoms with Gasteiger partial charge in [-0.05, 0) is 36.1 Å². The summed E-state index contributed by atoms with van der Waals surface area (Å²) in [6.45, 7) is 2.76. The Morgan fingerprint density at radius 3 is 2.19 bits per heavy atom. The summed E-state index contributed by atoms with van der Waals surface area (Å²) < 4.78 is 5.79. The van der Waals surface area contributed by atoms with E-state index in [-0.39, 0.29) is 0 Å². The average Bonchev–Trinajstić information content (AvgIpc) is 2.52. The topological polar surface area (TPSA) is 35.2 Å². The van der Waals surface area contributed by atoms with Gasteiger partial charge in [-0.25, -0.2) is 0 Å². The highest BCUT2D eigenvalue weighted by Gasteiger charge is 1.99. The summed E-state index contributed by atoms with van der Waals surface area (Å²) in [5.41, 5.74) is 8.93. The molecule has 110 valence electrons. The second-order valence-corrected chi connectivity index (χ2v) is 5.54. The van der Waals surface area contributed by atoms with Gasteiger partial charge in [0.2, 0.25) is 0 Å². The van der Waals surface area contributed by atoms with Crippen molar-refractivity contribution in [3.63, 3.8) is 0 Å². The molecule has 0 heterocycles. The molecule has 0 saturated heterocycles. The van der Waals surface area contributed by atoms with Crippen LogP contribution in [0.5, 0.6) is 5.75 Å². The van der Waals surface area contributed by atoms with Gasteiger partial charge in [0.25, 0.3) is 0 Å². The van der Waals surface area contributed by atoms with Crippen LogP contribution in [0, 0.1) is 0 Å². The fourth-order valence-corrected chi connectivity index (χ4v) is 2.20. The summed E-state index contributed by atoms with van der Waals surface area (Å²) >= 11 is 4.94. The molecule has 0 aliphatic rings. The van der Waals surface area contributed by atoms with E-state index in [0.717, 1.165) is 23.3 Å². The molecule has 0 atom stereocenters. The Bertz CT molecular complexity index is 575. The first kappa shape index (κ1) is 15.5. The maximum atomic E-state index is 5.79. The number of unbranched alkanes of at least 4 members (excludes halogenated alkanes) is 1. The van der Waals surface area contributed by atoms with E-state index < -0.39 is 0 Å². The summed E-state index contributed by atoms with van der Waals surface area (Å²) in [5.74, 6) is 0.897. The summed E-state index contributed by atoms with van der Waals surface area (Å²) in [5, 5.41) is 0. The highest BCUT2D eigenvalue weighted by Crippen LogP contribution is 2.16. The van der Waals surface area contributed by atoms with E-state index in [9.17, 15) is 0 Å². The van der Waals surface area contributed by atoms with Crippen LogP contribution in [0.1, 0.15) is 36.5 Å². The van der Waals surface area contributed by atoms with Gasteiger partial charge in [-0.1, -0.05) is 62.0 Å². The van der Waals surface area contributed by atoms with Gasteiger partial charge in [-0.15, -0.1) is 0 Å². The van der Waals surface area contributed by atoms with Crippen molar-refractivity contribution in [1.29, 1.82) is 0 Å². The Morgan fingerprint density at radius 2 is 1.62 bits per heavy atom. The van der Waals surface area contributed by atoms with Gasteiger partial charge in [0.1, 0.15) is 17.3 Å². The first-order valence-corrected chi connectivity index (χ1v) is 7.70. The van der Waals surface area contributed by atoms with Crippen molar-refractivity contribution in [2.45, 2.75) is 32.8 Å². The van der Waals surface area contributed by atoms with Crippen LogP contribution in [0.3, 0.4) is 0 Å². The minimum absolute atomic E-state index is 0.421. The average molecular weight is 299 g/mol. The molecule has 0 fully saturated rings. The molecule has 2 rings (SSSR count). The molecule has 0 spiro atoms. The van der Waals surface area contributed by atoms with E-state index in [1.807, 2.05) is 36.4 Å². The SMILES string of the molecule is CCCCc1ccc(OCc2ccc(C(N)=S)cc2)cc1. The van der Waals surface area contributed by atoms with Crippen LogP contribution in [0.15, 0.2) is 48.5 Å². The zero-order valence-corrected chi connectivity index (χ0v) is 13.2. The van der Waals surface area contributed by atoms with Gasteiger partial charge in [-0.2, -0.15) is 0 Å². The van der Waals surface area contributed by atoms with Crippen LogP contribution >= 0.6 is 12.2 Å². The number of thiocarbonyl (C=S) groups is 1. The molecule has 0 radical (unpaired) electrons. The van der Waals surface area contributed by atoms with Crippen LogP contribution in [0.25, 0.3) is 0 Å². The number of hydrogen-bond acceptors (Lipinski definition) is 2. The second kappa shape index (κ2) is 7.79. The lowest BCUT2D eigenvalue weighted by atomic mass is 10.1. The molecular formula is C18H21NOS. The Morgan fingerprint density at radius 1 is 1.00 bits per heavy atom. The fraction of sp³-hybridized carbons (Fsp3) is 0.278. The lowest BCUT2D eigenvalue weighted by molar-refractivity contribution is 0.306. The molecule has 0 aliphatic carbocycles. The maximum absolute atomic E-state index is 5.79. The molecule has 2 N–H and O–H groups in total. The van der Waals surface area contributed by atoms with E-state index in [0.29, 0.717) is 11.6 Å². The largest absolute Gasteiger partial charge is 0.489 e. The predicted molar refractivity (Wildman–Crippen MR) is 91.7 cm³/mol. The monoisotopic (exact) mass is 299 g/mol. The standard InChI is InChI=1S/C18H21NOS/c1-2-3-4-14-7-11-17(12-8-14)20-13-15-5-9-16(10-6-15)18(19)21/h5-12H,2-4,13H2,1H3,(H2,19,21). The fourth-order valence-electron chi connectivity index (χ4n) is 2.07. The lowest BCUT2D eigenvalue weighted by Crippen LogP contribution is -2.09. The third kappa shape index (κ3) is 4.87. The smallest absolute Gasteiger partial charge is 0.119 e. The molecule has 2 aromatic carbocycles. The zero-order valence-electron chi connectivity index (χ0n) is 12.3. The minimum Gasteiger partial charge on any atom is -0.489 e. The molecule has 2 aromatic rings. The highest BCUT2D eigenvalue weighted by molar-refractivity contribution is 7.80. The molecule has 0 saturated carbocycles. The Kier molecular flexibility index (Phi) is 5.76. The second-order valence-electron chi connectivity index (χ2n) is 5.10. The van der Waals surface area contributed by atoms with Gasteiger partial charge in [0, 0.05) is 5.56 Å². The molecule has 0 bridgehead atoms. The van der Waals surface area contributed by atoms with Gasteiger partial charge in [-0.3, -0.25) is 0 Å². The molecular weight excluding hydrogens is 278 g/mol. The first-order valence-electron chi connectivity index (χ1n) is 7.29. The van der Waals surface area contributed by atoms with Gasteiger partial charge >= 0.3 is 0 Å². The first-order chi connectivity index (χ1) is 10.2. The third-order valence-electron chi connectivity index (χ3n) is 3.39. The molecule has 0 aliphatic heterocycles. The molecule has 0 aromatic heterocycles. The predicted octanol–water partition coefficient (Wildman–Crippen LogP) is 4.24. The van der Waals surface area contributed by atoms with Crippen molar-refractivity contribution < 1.29 is 4.74 Å². The quantitative estimate of drug-likeness (QED) is 0.777. The molecule has 0 amide bonds. The number of nitrogens with two attached hydrogens (primary N) is 1. The van der Waals surface area contributed by atoms with Crippen LogP contribution < -0.4 is 10.5 Å². The number of aryl methyl sites for hydroxylation is 1. The summed E-state index contributed by atoms with van der Waals surface area (Å²) in [4.78, 5) is 0.421. The number of hydrogen-bond donors (Lipinski definition) is 1.